The molecule has 2 N–H and O–H groups in total. The lowest BCUT2D eigenvalue weighted by Crippen LogP contribution is -2.51. The summed E-state index contributed by atoms with van der Waals surface area (Å²) in [5, 5.41) is 11.8. The van der Waals surface area contributed by atoms with E-state index < -0.39 is 11.4 Å². The summed E-state index contributed by atoms with van der Waals surface area (Å²) in [6.45, 7) is 1.26. The van der Waals surface area contributed by atoms with Gasteiger partial charge in [-0.2, -0.15) is 0 Å². The molecule has 1 saturated carbocycles. The average Bonchev–Trinajstić information content (AvgIpc) is 2.75. The Labute approximate surface area is 105 Å². The summed E-state index contributed by atoms with van der Waals surface area (Å²) in [5.74, 6) is -1.34. The van der Waals surface area contributed by atoms with E-state index in [4.69, 9.17) is 5.11 Å². The Bertz CT molecular complexity index is 424. The number of carbonyl (C=O) groups is 2. The highest BCUT2D eigenvalue weighted by molar-refractivity contribution is 6.02. The Morgan fingerprint density at radius 2 is 2.22 bits per heavy atom. The Balaban J connectivity index is 1.73. The second-order valence-corrected chi connectivity index (χ2v) is 4.65. The van der Waals surface area contributed by atoms with Gasteiger partial charge in [0.15, 0.2) is 0 Å². The lowest BCUT2D eigenvalue weighted by molar-refractivity contribution is -0.162. The smallest absolute Gasteiger partial charge is 0.319 e. The van der Waals surface area contributed by atoms with E-state index in [9.17, 15) is 9.59 Å². The zero-order chi connectivity index (χ0) is 13.0. The minimum atomic E-state index is -1.16. The van der Waals surface area contributed by atoms with Crippen molar-refractivity contribution in [3.8, 4) is 0 Å². The maximum absolute atomic E-state index is 11.8. The molecular weight excluding hydrogens is 234 g/mol. The molecule has 0 saturated heterocycles. The first kappa shape index (κ1) is 12.6. The third-order valence-electron chi connectivity index (χ3n) is 3.49. The average molecular weight is 251 g/mol. The summed E-state index contributed by atoms with van der Waals surface area (Å²) < 4.78 is 1.92. The van der Waals surface area contributed by atoms with Gasteiger partial charge in [0.1, 0.15) is 5.41 Å². The van der Waals surface area contributed by atoms with Crippen LogP contribution in [0.25, 0.3) is 0 Å². The molecule has 1 aromatic rings. The number of rotatable bonds is 6. The van der Waals surface area contributed by atoms with Crippen molar-refractivity contribution >= 4 is 11.9 Å². The van der Waals surface area contributed by atoms with Gasteiger partial charge in [-0.15, -0.1) is 0 Å². The fourth-order valence-electron chi connectivity index (χ4n) is 2.12. The fraction of sp³-hybridized carbons (Fsp3) is 0.583. The number of nitrogens with one attached hydrogen (secondary N) is 1. The van der Waals surface area contributed by atoms with Gasteiger partial charge in [0.05, 0.1) is 6.33 Å². The van der Waals surface area contributed by atoms with Crippen LogP contribution in [-0.4, -0.2) is 33.1 Å². The number of aliphatic carboxylic acids is 1. The van der Waals surface area contributed by atoms with E-state index in [0.29, 0.717) is 19.4 Å². The van der Waals surface area contributed by atoms with Crippen LogP contribution in [0.1, 0.15) is 25.7 Å². The van der Waals surface area contributed by atoms with Crippen LogP contribution in [0.2, 0.25) is 0 Å². The predicted octanol–water partition coefficient (Wildman–Crippen LogP) is 0.644. The molecule has 0 spiro atoms. The quantitative estimate of drug-likeness (QED) is 0.574. The second kappa shape index (κ2) is 5.20. The number of carboxylic acids is 1. The molecular formula is C12H17N3O3. The van der Waals surface area contributed by atoms with Crippen molar-refractivity contribution < 1.29 is 14.7 Å². The number of nitrogens with zero attached hydrogens (tertiary/aromatic N) is 2. The highest BCUT2D eigenvalue weighted by Gasteiger charge is 2.50. The molecule has 1 amide bonds. The van der Waals surface area contributed by atoms with Gasteiger partial charge in [-0.05, 0) is 19.3 Å². The van der Waals surface area contributed by atoms with E-state index in [1.807, 2.05) is 10.8 Å². The topological polar surface area (TPSA) is 84.2 Å². The molecule has 1 aliphatic rings. The summed E-state index contributed by atoms with van der Waals surface area (Å²) in [5.41, 5.74) is -1.16. The Hall–Kier alpha value is -1.85. The van der Waals surface area contributed by atoms with E-state index >= 15 is 0 Å². The molecule has 0 atom stereocenters. The van der Waals surface area contributed by atoms with Gasteiger partial charge in [0, 0.05) is 25.5 Å². The number of imidazole rings is 1. The van der Waals surface area contributed by atoms with Crippen LogP contribution in [0.15, 0.2) is 18.7 Å². The van der Waals surface area contributed by atoms with Gasteiger partial charge in [0.25, 0.3) is 0 Å². The molecule has 2 rings (SSSR count). The number of hydrogen-bond acceptors (Lipinski definition) is 3. The van der Waals surface area contributed by atoms with Crippen LogP contribution in [0, 0.1) is 5.41 Å². The zero-order valence-electron chi connectivity index (χ0n) is 10.1. The van der Waals surface area contributed by atoms with Crippen molar-refractivity contribution in [2.24, 2.45) is 5.41 Å². The van der Waals surface area contributed by atoms with Crippen molar-refractivity contribution in [1.29, 1.82) is 0 Å². The summed E-state index contributed by atoms with van der Waals surface area (Å²) in [7, 11) is 0. The highest BCUT2D eigenvalue weighted by Crippen LogP contribution is 2.41. The Kier molecular flexibility index (Phi) is 3.64. The zero-order valence-corrected chi connectivity index (χ0v) is 10.1. The second-order valence-electron chi connectivity index (χ2n) is 4.65. The molecule has 98 valence electrons. The molecule has 0 unspecified atom stereocenters. The molecule has 1 aliphatic carbocycles. The van der Waals surface area contributed by atoms with E-state index in [0.717, 1.165) is 19.4 Å². The fourth-order valence-corrected chi connectivity index (χ4v) is 2.12. The maximum Gasteiger partial charge on any atom is 0.319 e. The number of aryl methyl sites for hydroxylation is 1. The van der Waals surface area contributed by atoms with Gasteiger partial charge in [-0.25, -0.2) is 4.98 Å². The molecule has 0 bridgehead atoms. The number of carboxylic acid groups (broad SMARTS) is 1. The van der Waals surface area contributed by atoms with Gasteiger partial charge in [0.2, 0.25) is 5.91 Å². The van der Waals surface area contributed by atoms with Crippen LogP contribution in [-0.2, 0) is 16.1 Å². The first-order valence-corrected chi connectivity index (χ1v) is 6.12. The van der Waals surface area contributed by atoms with Crippen molar-refractivity contribution in [3.05, 3.63) is 18.7 Å². The monoisotopic (exact) mass is 251 g/mol. The minimum Gasteiger partial charge on any atom is -0.480 e. The third kappa shape index (κ3) is 2.37. The Morgan fingerprint density at radius 3 is 2.72 bits per heavy atom. The summed E-state index contributed by atoms with van der Waals surface area (Å²) >= 11 is 0. The molecule has 18 heavy (non-hydrogen) atoms. The van der Waals surface area contributed by atoms with E-state index in [1.165, 1.54) is 0 Å². The number of hydrogen-bond donors (Lipinski definition) is 2. The largest absolute Gasteiger partial charge is 0.480 e. The molecule has 1 fully saturated rings. The molecule has 1 aromatic heterocycles. The van der Waals surface area contributed by atoms with Crippen molar-refractivity contribution in [2.75, 3.05) is 6.54 Å². The third-order valence-corrected chi connectivity index (χ3v) is 3.49. The summed E-state index contributed by atoms with van der Waals surface area (Å²) in [6, 6.07) is 0. The van der Waals surface area contributed by atoms with Crippen LogP contribution < -0.4 is 5.32 Å². The van der Waals surface area contributed by atoms with Gasteiger partial charge >= 0.3 is 5.97 Å². The first-order valence-electron chi connectivity index (χ1n) is 6.12. The normalized spacial score (nSPS) is 16.9. The van der Waals surface area contributed by atoms with Gasteiger partial charge in [-0.3, -0.25) is 9.59 Å². The lowest BCUT2D eigenvalue weighted by atomic mass is 9.68. The van der Waals surface area contributed by atoms with Crippen LogP contribution >= 0.6 is 0 Å². The molecule has 6 nitrogen and oxygen atoms in total. The first-order chi connectivity index (χ1) is 8.65. The molecule has 6 heteroatoms. The Morgan fingerprint density at radius 1 is 1.44 bits per heavy atom. The molecule has 0 radical (unpaired) electrons. The van der Waals surface area contributed by atoms with E-state index in [1.54, 1.807) is 12.5 Å². The minimum absolute atomic E-state index is 0.341. The summed E-state index contributed by atoms with van der Waals surface area (Å²) in [4.78, 5) is 26.8. The van der Waals surface area contributed by atoms with E-state index in [2.05, 4.69) is 10.3 Å². The van der Waals surface area contributed by atoms with Crippen molar-refractivity contribution in [3.63, 3.8) is 0 Å². The van der Waals surface area contributed by atoms with Crippen molar-refractivity contribution in [1.82, 2.24) is 14.9 Å². The lowest BCUT2D eigenvalue weighted by Gasteiger charge is -2.35. The molecule has 1 heterocycles. The van der Waals surface area contributed by atoms with Crippen LogP contribution in [0.5, 0.6) is 0 Å². The number of amides is 1. The van der Waals surface area contributed by atoms with Crippen molar-refractivity contribution in [2.45, 2.75) is 32.2 Å². The SMILES string of the molecule is O=C(O)C1(C(=O)NCCCn2ccnc2)CCC1. The van der Waals surface area contributed by atoms with Gasteiger partial charge in [-0.1, -0.05) is 6.42 Å². The number of aromatic nitrogens is 2. The van der Waals surface area contributed by atoms with Crippen LogP contribution in [0.3, 0.4) is 0 Å². The van der Waals surface area contributed by atoms with Crippen LogP contribution in [0.4, 0.5) is 0 Å². The molecule has 0 aromatic carbocycles. The standard InChI is InChI=1S/C12H17N3O3/c16-10(12(11(17)18)3-1-4-12)14-5-2-7-15-8-6-13-9-15/h6,8-9H,1-5,7H2,(H,14,16)(H,17,18). The highest BCUT2D eigenvalue weighted by atomic mass is 16.4. The number of carbonyl (C=O) groups excluding carboxylic acids is 1. The van der Waals surface area contributed by atoms with E-state index in [-0.39, 0.29) is 5.91 Å². The van der Waals surface area contributed by atoms with Gasteiger partial charge < -0.3 is 15.0 Å². The molecule has 0 aliphatic heterocycles. The maximum atomic E-state index is 11.8. The predicted molar refractivity (Wildman–Crippen MR) is 63.8 cm³/mol. The summed E-state index contributed by atoms with van der Waals surface area (Å²) in [6.07, 6.45) is 7.75.